The Morgan fingerprint density at radius 3 is 2.96 bits per heavy atom. The van der Waals surface area contributed by atoms with Crippen LogP contribution in [0.5, 0.6) is 11.5 Å². The minimum Gasteiger partial charge on any atom is -0.466 e. The maximum Gasteiger partial charge on any atom is 0.310 e. The number of halogens is 1. The molecule has 1 saturated heterocycles. The molecule has 0 saturated carbocycles. The lowest BCUT2D eigenvalue weighted by Crippen LogP contribution is -2.48. The predicted molar refractivity (Wildman–Crippen MR) is 114 cm³/mol. The molecule has 3 rings (SSSR count). The summed E-state index contributed by atoms with van der Waals surface area (Å²) in [5.41, 5.74) is 1.18. The molecule has 8 heteroatoms. The van der Waals surface area contributed by atoms with E-state index in [1.807, 2.05) is 19.1 Å². The lowest BCUT2D eigenvalue weighted by Gasteiger charge is -2.34. The molecular formula is C19H28IN3O4. The Kier molecular flexibility index (Phi) is 8.46. The van der Waals surface area contributed by atoms with Gasteiger partial charge in [-0.3, -0.25) is 9.79 Å². The molecule has 0 radical (unpaired) electrons. The summed E-state index contributed by atoms with van der Waals surface area (Å²) in [5.74, 6) is 2.26. The molecule has 27 heavy (non-hydrogen) atoms. The van der Waals surface area contributed by atoms with E-state index in [1.165, 1.54) is 5.56 Å². The fourth-order valence-electron chi connectivity index (χ4n) is 3.37. The van der Waals surface area contributed by atoms with Crippen molar-refractivity contribution in [1.29, 1.82) is 0 Å². The third kappa shape index (κ3) is 5.63. The number of carbonyl (C=O) groups excluding carboxylic acids is 1. The van der Waals surface area contributed by atoms with E-state index in [9.17, 15) is 4.79 Å². The molecule has 150 valence electrons. The zero-order chi connectivity index (χ0) is 18.4. The molecule has 0 spiro atoms. The van der Waals surface area contributed by atoms with E-state index in [0.29, 0.717) is 19.9 Å². The van der Waals surface area contributed by atoms with E-state index in [0.717, 1.165) is 49.8 Å². The van der Waals surface area contributed by atoms with Crippen LogP contribution >= 0.6 is 24.0 Å². The van der Waals surface area contributed by atoms with Gasteiger partial charge in [0.05, 0.1) is 12.5 Å². The second kappa shape index (κ2) is 10.6. The molecule has 2 aliphatic heterocycles. The first-order valence-electron chi connectivity index (χ1n) is 9.22. The lowest BCUT2D eigenvalue weighted by molar-refractivity contribution is -0.149. The van der Waals surface area contributed by atoms with E-state index in [4.69, 9.17) is 14.2 Å². The number of hydrogen-bond donors (Lipinski definition) is 1. The van der Waals surface area contributed by atoms with Gasteiger partial charge in [-0.2, -0.15) is 0 Å². The Morgan fingerprint density at radius 2 is 2.19 bits per heavy atom. The molecule has 1 aromatic rings. The highest BCUT2D eigenvalue weighted by Crippen LogP contribution is 2.32. The number of benzene rings is 1. The minimum absolute atomic E-state index is 0. The van der Waals surface area contributed by atoms with Gasteiger partial charge in [0.2, 0.25) is 6.79 Å². The molecular weight excluding hydrogens is 461 g/mol. The van der Waals surface area contributed by atoms with Gasteiger partial charge in [0.15, 0.2) is 17.5 Å². The zero-order valence-electron chi connectivity index (χ0n) is 15.9. The van der Waals surface area contributed by atoms with Gasteiger partial charge in [-0.1, -0.05) is 6.07 Å². The number of fused-ring (bicyclic) bond motifs is 1. The van der Waals surface area contributed by atoms with Crippen molar-refractivity contribution >= 4 is 35.9 Å². The molecule has 1 fully saturated rings. The van der Waals surface area contributed by atoms with Gasteiger partial charge in [-0.25, -0.2) is 0 Å². The maximum atomic E-state index is 12.0. The highest BCUT2D eigenvalue weighted by atomic mass is 127. The van der Waals surface area contributed by atoms with Crippen LogP contribution in [0.3, 0.4) is 0 Å². The normalized spacial score (nSPS) is 18.7. The average Bonchev–Trinajstić information content (AvgIpc) is 3.13. The van der Waals surface area contributed by atoms with Gasteiger partial charge in [-0.05, 0) is 43.9 Å². The summed E-state index contributed by atoms with van der Waals surface area (Å²) in [7, 11) is 1.77. The van der Waals surface area contributed by atoms with Gasteiger partial charge >= 0.3 is 5.97 Å². The number of hydrogen-bond acceptors (Lipinski definition) is 5. The number of aliphatic imine (C=N–C) groups is 1. The quantitative estimate of drug-likeness (QED) is 0.297. The summed E-state index contributed by atoms with van der Waals surface area (Å²) in [6.45, 7) is 4.88. The minimum atomic E-state index is -0.104. The van der Waals surface area contributed by atoms with Crippen molar-refractivity contribution in [2.45, 2.75) is 26.2 Å². The van der Waals surface area contributed by atoms with Crippen molar-refractivity contribution in [3.63, 3.8) is 0 Å². The van der Waals surface area contributed by atoms with Crippen molar-refractivity contribution in [1.82, 2.24) is 10.2 Å². The SMILES string of the molecule is CCOC(=O)C1CCCN(C(=NC)NCCc2ccc3c(c2)OCO3)C1.I. The van der Waals surface area contributed by atoms with Crippen LogP contribution in [0.25, 0.3) is 0 Å². The molecule has 1 atom stereocenters. The summed E-state index contributed by atoms with van der Waals surface area (Å²) in [5, 5.41) is 3.40. The van der Waals surface area contributed by atoms with Crippen molar-refractivity contribution in [2.24, 2.45) is 10.9 Å². The highest BCUT2D eigenvalue weighted by molar-refractivity contribution is 14.0. The smallest absolute Gasteiger partial charge is 0.310 e. The number of piperidine rings is 1. The highest BCUT2D eigenvalue weighted by Gasteiger charge is 2.28. The van der Waals surface area contributed by atoms with Gasteiger partial charge in [-0.15, -0.1) is 24.0 Å². The van der Waals surface area contributed by atoms with Crippen LogP contribution in [0, 0.1) is 5.92 Å². The van der Waals surface area contributed by atoms with E-state index >= 15 is 0 Å². The Hall–Kier alpha value is -1.71. The van der Waals surface area contributed by atoms with Gasteiger partial charge in [0.1, 0.15) is 0 Å². The van der Waals surface area contributed by atoms with Crippen LogP contribution in [0.2, 0.25) is 0 Å². The van der Waals surface area contributed by atoms with Crippen LogP contribution in [0.15, 0.2) is 23.2 Å². The number of nitrogens with one attached hydrogen (secondary N) is 1. The van der Waals surface area contributed by atoms with Crippen molar-refractivity contribution < 1.29 is 19.0 Å². The number of carbonyl (C=O) groups is 1. The molecule has 2 heterocycles. The largest absolute Gasteiger partial charge is 0.466 e. The number of guanidine groups is 1. The number of rotatable bonds is 5. The molecule has 1 N–H and O–H groups in total. The summed E-state index contributed by atoms with van der Waals surface area (Å²) < 4.78 is 15.9. The monoisotopic (exact) mass is 489 g/mol. The number of nitrogens with zero attached hydrogens (tertiary/aromatic N) is 2. The van der Waals surface area contributed by atoms with Crippen LogP contribution in [0.1, 0.15) is 25.3 Å². The molecule has 1 unspecified atom stereocenters. The molecule has 0 amide bonds. The van der Waals surface area contributed by atoms with Crippen molar-refractivity contribution in [2.75, 3.05) is 40.1 Å². The maximum absolute atomic E-state index is 12.0. The molecule has 0 aromatic heterocycles. The third-order valence-corrected chi connectivity index (χ3v) is 4.69. The van der Waals surface area contributed by atoms with E-state index in [2.05, 4.69) is 21.3 Å². The van der Waals surface area contributed by atoms with Crippen LogP contribution in [-0.2, 0) is 16.0 Å². The fraction of sp³-hybridized carbons (Fsp3) is 0.579. The van der Waals surface area contributed by atoms with E-state index in [-0.39, 0.29) is 35.9 Å². The Bertz CT molecular complexity index is 668. The molecule has 2 aliphatic rings. The fourth-order valence-corrected chi connectivity index (χ4v) is 3.37. The Labute approximate surface area is 177 Å². The summed E-state index contributed by atoms with van der Waals surface area (Å²) in [6, 6.07) is 6.02. The predicted octanol–water partition coefficient (Wildman–Crippen LogP) is 2.43. The van der Waals surface area contributed by atoms with Crippen LogP contribution < -0.4 is 14.8 Å². The number of likely N-dealkylation sites (tertiary alicyclic amines) is 1. The molecule has 7 nitrogen and oxygen atoms in total. The van der Waals surface area contributed by atoms with Gasteiger partial charge in [0, 0.05) is 26.7 Å². The second-order valence-corrected chi connectivity index (χ2v) is 6.45. The van der Waals surface area contributed by atoms with Crippen LogP contribution in [0.4, 0.5) is 0 Å². The lowest BCUT2D eigenvalue weighted by atomic mass is 9.98. The number of esters is 1. The van der Waals surface area contributed by atoms with Crippen molar-refractivity contribution in [3.8, 4) is 11.5 Å². The van der Waals surface area contributed by atoms with Gasteiger partial charge < -0.3 is 24.4 Å². The second-order valence-electron chi connectivity index (χ2n) is 6.45. The van der Waals surface area contributed by atoms with Crippen molar-refractivity contribution in [3.05, 3.63) is 23.8 Å². The molecule has 0 bridgehead atoms. The zero-order valence-corrected chi connectivity index (χ0v) is 18.2. The standard InChI is InChI=1S/C19H27N3O4.HI/c1-3-24-18(23)15-5-4-10-22(12-15)19(20-2)21-9-8-14-6-7-16-17(11-14)26-13-25-16;/h6-7,11,15H,3-5,8-10,12-13H2,1-2H3,(H,20,21);1H. The Balaban J connectivity index is 0.00000261. The molecule has 0 aliphatic carbocycles. The topological polar surface area (TPSA) is 72.4 Å². The first kappa shape index (κ1) is 21.6. The first-order valence-corrected chi connectivity index (χ1v) is 9.22. The summed E-state index contributed by atoms with van der Waals surface area (Å²) in [4.78, 5) is 18.5. The number of ether oxygens (including phenoxy) is 3. The van der Waals surface area contributed by atoms with E-state index < -0.39 is 0 Å². The van der Waals surface area contributed by atoms with Gasteiger partial charge in [0.25, 0.3) is 0 Å². The van der Waals surface area contributed by atoms with Crippen LogP contribution in [-0.4, -0.2) is 56.9 Å². The third-order valence-electron chi connectivity index (χ3n) is 4.69. The first-order chi connectivity index (χ1) is 12.7. The summed E-state index contributed by atoms with van der Waals surface area (Å²) in [6.07, 6.45) is 2.70. The summed E-state index contributed by atoms with van der Waals surface area (Å²) >= 11 is 0. The van der Waals surface area contributed by atoms with E-state index in [1.54, 1.807) is 7.05 Å². The average molecular weight is 489 g/mol. The Morgan fingerprint density at radius 1 is 1.37 bits per heavy atom. The molecule has 1 aromatic carbocycles.